The molecule has 0 aliphatic heterocycles. The fourth-order valence-corrected chi connectivity index (χ4v) is 1.91. The number of benzene rings is 1. The van der Waals surface area contributed by atoms with Gasteiger partial charge in [-0.05, 0) is 24.5 Å². The molecule has 118 valence electrons. The fraction of sp³-hybridized carbons (Fsp3) is 0.467. The minimum Gasteiger partial charge on any atom is -0.335 e. The third-order valence-corrected chi connectivity index (χ3v) is 2.86. The van der Waals surface area contributed by atoms with E-state index in [4.69, 9.17) is 5.73 Å². The summed E-state index contributed by atoms with van der Waals surface area (Å²) in [7, 11) is 1.59. The van der Waals surface area contributed by atoms with Gasteiger partial charge in [0.15, 0.2) is 0 Å². The minimum absolute atomic E-state index is 0. The van der Waals surface area contributed by atoms with E-state index >= 15 is 0 Å². The molecule has 0 saturated carbocycles. The zero-order valence-corrected chi connectivity index (χ0v) is 13.5. The molecule has 21 heavy (non-hydrogen) atoms. The summed E-state index contributed by atoms with van der Waals surface area (Å²) in [6.45, 7) is 4.02. The summed E-state index contributed by atoms with van der Waals surface area (Å²) in [5.41, 5.74) is 6.54. The Bertz CT molecular complexity index is 451. The fourth-order valence-electron chi connectivity index (χ4n) is 1.91. The maximum Gasteiger partial charge on any atom is 0.243 e. The summed E-state index contributed by atoms with van der Waals surface area (Å²) in [6, 6.07) is 8.58. The minimum atomic E-state index is -0.551. The van der Waals surface area contributed by atoms with Crippen LogP contribution in [0.25, 0.3) is 0 Å². The van der Waals surface area contributed by atoms with Gasteiger partial charge in [-0.15, -0.1) is 12.4 Å². The highest BCUT2D eigenvalue weighted by Gasteiger charge is 2.20. The van der Waals surface area contributed by atoms with Crippen molar-refractivity contribution >= 4 is 29.9 Å². The third kappa shape index (κ3) is 7.11. The average Bonchev–Trinajstić information content (AvgIpc) is 2.37. The third-order valence-electron chi connectivity index (χ3n) is 2.86. The molecule has 1 aromatic carbocycles. The van der Waals surface area contributed by atoms with E-state index in [9.17, 15) is 9.59 Å². The number of carbonyl (C=O) groups is 2. The number of halogens is 1. The lowest BCUT2D eigenvalue weighted by Crippen LogP contribution is -2.45. The van der Waals surface area contributed by atoms with Crippen LogP contribution in [0.15, 0.2) is 30.3 Å². The molecule has 0 aromatic heterocycles. The van der Waals surface area contributed by atoms with Gasteiger partial charge in [0.2, 0.25) is 11.8 Å². The molecular weight excluding hydrogens is 290 g/mol. The lowest BCUT2D eigenvalue weighted by atomic mass is 10.0. The molecule has 5 nitrogen and oxygen atoms in total. The Labute approximate surface area is 132 Å². The number of nitrogens with zero attached hydrogens (tertiary/aromatic N) is 1. The van der Waals surface area contributed by atoms with Crippen LogP contribution in [0.2, 0.25) is 0 Å². The molecule has 2 amide bonds. The molecule has 0 aliphatic rings. The molecular formula is C15H24ClN3O2. The first kappa shape index (κ1) is 19.4. The number of amides is 2. The zero-order valence-electron chi connectivity index (χ0n) is 12.7. The molecule has 0 unspecified atom stereocenters. The Morgan fingerprint density at radius 2 is 1.81 bits per heavy atom. The van der Waals surface area contributed by atoms with E-state index in [-0.39, 0.29) is 30.8 Å². The van der Waals surface area contributed by atoms with Gasteiger partial charge < -0.3 is 16.0 Å². The predicted molar refractivity (Wildman–Crippen MR) is 87.4 cm³/mol. The molecule has 0 saturated heterocycles. The highest BCUT2D eigenvalue weighted by molar-refractivity contribution is 5.95. The second kappa shape index (κ2) is 9.37. The van der Waals surface area contributed by atoms with Gasteiger partial charge in [0.25, 0.3) is 0 Å². The number of carbonyl (C=O) groups excluding carboxylic acids is 2. The van der Waals surface area contributed by atoms with Crippen molar-refractivity contribution in [2.24, 2.45) is 11.7 Å². The van der Waals surface area contributed by atoms with Gasteiger partial charge in [-0.25, -0.2) is 0 Å². The number of nitrogens with two attached hydrogens (primary N) is 1. The first-order valence-electron chi connectivity index (χ1n) is 6.75. The maximum absolute atomic E-state index is 12.0. The zero-order chi connectivity index (χ0) is 15.1. The van der Waals surface area contributed by atoms with E-state index in [1.54, 1.807) is 19.2 Å². The van der Waals surface area contributed by atoms with Crippen molar-refractivity contribution in [2.45, 2.75) is 26.3 Å². The van der Waals surface area contributed by atoms with Gasteiger partial charge in [-0.3, -0.25) is 9.59 Å². The van der Waals surface area contributed by atoms with Crippen LogP contribution in [-0.2, 0) is 9.59 Å². The topological polar surface area (TPSA) is 75.4 Å². The van der Waals surface area contributed by atoms with E-state index in [0.717, 1.165) is 0 Å². The van der Waals surface area contributed by atoms with Crippen molar-refractivity contribution in [3.8, 4) is 0 Å². The molecule has 6 heteroatoms. The van der Waals surface area contributed by atoms with E-state index in [2.05, 4.69) is 5.32 Å². The molecule has 0 radical (unpaired) electrons. The van der Waals surface area contributed by atoms with Crippen LogP contribution >= 0.6 is 12.4 Å². The quantitative estimate of drug-likeness (QED) is 0.842. The van der Waals surface area contributed by atoms with Crippen LogP contribution in [0.5, 0.6) is 0 Å². The van der Waals surface area contributed by atoms with Gasteiger partial charge in [0, 0.05) is 12.7 Å². The number of likely N-dealkylation sites (N-methyl/N-ethyl adjacent to an activating group) is 1. The van der Waals surface area contributed by atoms with Crippen LogP contribution in [0.4, 0.5) is 5.69 Å². The van der Waals surface area contributed by atoms with E-state index < -0.39 is 6.04 Å². The number of hydrogen-bond donors (Lipinski definition) is 2. The standard InChI is InChI=1S/C15H23N3O2.ClH/c1-11(2)9-13(16)15(20)18(3)10-14(19)17-12-7-5-4-6-8-12;/h4-8,11,13H,9-10,16H2,1-3H3,(H,17,19);1H/t13-;/m0./s1. The largest absolute Gasteiger partial charge is 0.335 e. The second-order valence-corrected chi connectivity index (χ2v) is 5.34. The molecule has 1 atom stereocenters. The van der Waals surface area contributed by atoms with Crippen LogP contribution in [0.3, 0.4) is 0 Å². The molecule has 0 heterocycles. The number of rotatable bonds is 6. The first-order chi connectivity index (χ1) is 9.40. The van der Waals surface area contributed by atoms with Crippen molar-refractivity contribution < 1.29 is 9.59 Å². The molecule has 1 rings (SSSR count). The van der Waals surface area contributed by atoms with Gasteiger partial charge in [0.1, 0.15) is 0 Å². The Morgan fingerprint density at radius 1 is 1.24 bits per heavy atom. The Hall–Kier alpha value is -1.59. The van der Waals surface area contributed by atoms with E-state index in [0.29, 0.717) is 18.0 Å². The maximum atomic E-state index is 12.0. The Balaban J connectivity index is 0.00000400. The Morgan fingerprint density at radius 3 is 2.33 bits per heavy atom. The molecule has 0 spiro atoms. The van der Waals surface area contributed by atoms with Crippen LogP contribution in [-0.4, -0.2) is 36.3 Å². The van der Waals surface area contributed by atoms with Crippen molar-refractivity contribution in [3.63, 3.8) is 0 Å². The SMILES string of the molecule is CC(C)C[C@H](N)C(=O)N(C)CC(=O)Nc1ccccc1.Cl. The monoisotopic (exact) mass is 313 g/mol. The average molecular weight is 314 g/mol. The van der Waals surface area contributed by atoms with Gasteiger partial charge >= 0.3 is 0 Å². The molecule has 0 fully saturated rings. The van der Waals surface area contributed by atoms with Crippen molar-refractivity contribution in [2.75, 3.05) is 18.9 Å². The summed E-state index contributed by atoms with van der Waals surface area (Å²) in [5.74, 6) is -0.0915. The lowest BCUT2D eigenvalue weighted by Gasteiger charge is -2.21. The number of para-hydroxylation sites is 1. The highest BCUT2D eigenvalue weighted by atomic mass is 35.5. The summed E-state index contributed by atoms with van der Waals surface area (Å²) in [4.78, 5) is 25.2. The van der Waals surface area contributed by atoms with Crippen molar-refractivity contribution in [1.29, 1.82) is 0 Å². The number of hydrogen-bond acceptors (Lipinski definition) is 3. The molecule has 3 N–H and O–H groups in total. The van der Waals surface area contributed by atoms with Gasteiger partial charge in [-0.2, -0.15) is 0 Å². The smallest absolute Gasteiger partial charge is 0.243 e. The number of nitrogens with one attached hydrogen (secondary N) is 1. The highest BCUT2D eigenvalue weighted by Crippen LogP contribution is 2.07. The van der Waals surface area contributed by atoms with Crippen molar-refractivity contribution in [1.82, 2.24) is 4.90 Å². The van der Waals surface area contributed by atoms with Gasteiger partial charge in [0.05, 0.1) is 12.6 Å². The van der Waals surface area contributed by atoms with Gasteiger partial charge in [-0.1, -0.05) is 32.0 Å². The number of anilines is 1. The molecule has 1 aromatic rings. The van der Waals surface area contributed by atoms with Crippen LogP contribution in [0.1, 0.15) is 20.3 Å². The summed E-state index contributed by atoms with van der Waals surface area (Å²) in [5, 5.41) is 2.73. The predicted octanol–water partition coefficient (Wildman–Crippen LogP) is 1.88. The first-order valence-corrected chi connectivity index (χ1v) is 6.75. The second-order valence-electron chi connectivity index (χ2n) is 5.34. The summed E-state index contributed by atoms with van der Waals surface area (Å²) in [6.07, 6.45) is 0.615. The Kier molecular flexibility index (Phi) is 8.66. The molecule has 0 bridgehead atoms. The van der Waals surface area contributed by atoms with Crippen LogP contribution in [0, 0.1) is 5.92 Å². The summed E-state index contributed by atoms with van der Waals surface area (Å²) < 4.78 is 0. The van der Waals surface area contributed by atoms with E-state index in [1.165, 1.54) is 4.90 Å². The normalized spacial score (nSPS) is 11.5. The van der Waals surface area contributed by atoms with E-state index in [1.807, 2.05) is 32.0 Å². The van der Waals surface area contributed by atoms with Crippen molar-refractivity contribution in [3.05, 3.63) is 30.3 Å². The van der Waals surface area contributed by atoms with Crippen LogP contribution < -0.4 is 11.1 Å². The molecule has 0 aliphatic carbocycles. The lowest BCUT2D eigenvalue weighted by molar-refractivity contribution is -0.134. The summed E-state index contributed by atoms with van der Waals surface area (Å²) >= 11 is 0.